The van der Waals surface area contributed by atoms with Gasteiger partial charge >= 0.3 is 0 Å². The van der Waals surface area contributed by atoms with Crippen molar-refractivity contribution in [3.05, 3.63) is 75.7 Å². The number of likely N-dealkylation sites (tertiary alicyclic amines) is 1. The lowest BCUT2D eigenvalue weighted by Gasteiger charge is -2.27. The van der Waals surface area contributed by atoms with Crippen molar-refractivity contribution >= 4 is 50.2 Å². The molecule has 15 heteroatoms. The van der Waals surface area contributed by atoms with Crippen LogP contribution in [0.5, 0.6) is 0 Å². The second-order valence-corrected chi connectivity index (χ2v) is 13.3. The normalized spacial score (nSPS) is 19.8. The Balaban J connectivity index is 1.24. The molecule has 2 amide bonds. The first-order chi connectivity index (χ1) is 23.0. The average molecular weight is 717 g/mol. The van der Waals surface area contributed by atoms with Crippen molar-refractivity contribution in [1.29, 1.82) is 0 Å². The summed E-state index contributed by atoms with van der Waals surface area (Å²) in [7, 11) is 0. The lowest BCUT2D eigenvalue weighted by Crippen LogP contribution is -2.47. The molecule has 5 aromatic rings. The number of halogens is 2. The van der Waals surface area contributed by atoms with Crippen LogP contribution < -0.4 is 5.32 Å². The van der Waals surface area contributed by atoms with Crippen molar-refractivity contribution in [2.45, 2.75) is 72.3 Å². The zero-order valence-electron chi connectivity index (χ0n) is 26.6. The first kappa shape index (κ1) is 31.7. The molecule has 0 radical (unpaired) electrons. The van der Waals surface area contributed by atoms with Crippen molar-refractivity contribution in [3.8, 4) is 11.1 Å². The number of hydrogen-bond acceptors (Lipinski definition) is 10. The number of carbonyl (C=O) groups is 3. The molecule has 1 aliphatic heterocycles. The lowest BCUT2D eigenvalue weighted by atomic mass is 9.95. The van der Waals surface area contributed by atoms with Crippen LogP contribution in [0.15, 0.2) is 45.7 Å². The number of nitrogens with zero attached hydrogens (tertiary/aromatic N) is 8. The van der Waals surface area contributed by atoms with E-state index in [1.807, 2.05) is 13.0 Å². The number of fused-ring (bicyclic) bond motifs is 2. The summed E-state index contributed by atoms with van der Waals surface area (Å²) in [5, 5.41) is 15.9. The van der Waals surface area contributed by atoms with Gasteiger partial charge in [0.05, 0.1) is 5.52 Å². The van der Waals surface area contributed by atoms with Crippen LogP contribution in [-0.4, -0.2) is 69.5 Å². The molecule has 1 saturated heterocycles. The maximum atomic E-state index is 14.7. The fourth-order valence-corrected chi connectivity index (χ4v) is 7.12. The van der Waals surface area contributed by atoms with E-state index < -0.39 is 18.1 Å². The smallest absolute Gasteiger partial charge is 0.248 e. The Labute approximate surface area is 282 Å². The quantitative estimate of drug-likeness (QED) is 0.165. The van der Waals surface area contributed by atoms with Gasteiger partial charge in [-0.2, -0.15) is 5.10 Å². The molecule has 48 heavy (non-hydrogen) atoms. The summed E-state index contributed by atoms with van der Waals surface area (Å²) >= 11 is 3.35. The van der Waals surface area contributed by atoms with Crippen molar-refractivity contribution in [2.24, 2.45) is 5.41 Å². The van der Waals surface area contributed by atoms with E-state index in [0.29, 0.717) is 69.3 Å². The molecule has 4 aromatic heterocycles. The van der Waals surface area contributed by atoms with E-state index in [1.165, 1.54) is 11.6 Å². The molecule has 2 fully saturated rings. The van der Waals surface area contributed by atoms with Gasteiger partial charge in [-0.05, 0) is 71.9 Å². The van der Waals surface area contributed by atoms with Crippen LogP contribution in [0.25, 0.3) is 22.0 Å². The van der Waals surface area contributed by atoms with E-state index >= 15 is 0 Å². The molecule has 1 aliphatic carbocycles. The molecule has 246 valence electrons. The highest BCUT2D eigenvalue weighted by atomic mass is 79.9. The van der Waals surface area contributed by atoms with E-state index in [-0.39, 0.29) is 41.4 Å². The zero-order valence-corrected chi connectivity index (χ0v) is 28.2. The summed E-state index contributed by atoms with van der Waals surface area (Å²) in [4.78, 5) is 55.4. The number of rotatable bonds is 9. The molecule has 0 unspecified atom stereocenters. The summed E-state index contributed by atoms with van der Waals surface area (Å²) in [5.41, 5.74) is 2.32. The van der Waals surface area contributed by atoms with E-state index in [9.17, 15) is 18.8 Å². The van der Waals surface area contributed by atoms with Gasteiger partial charge in [0.2, 0.25) is 23.6 Å². The number of aryl methyl sites for hydroxylation is 3. The molecule has 1 aromatic carbocycles. The van der Waals surface area contributed by atoms with Crippen LogP contribution in [0.1, 0.15) is 59.0 Å². The number of pyridine rings is 1. The second kappa shape index (κ2) is 12.0. The summed E-state index contributed by atoms with van der Waals surface area (Å²) in [6, 6.07) is 5.90. The number of amides is 2. The number of benzene rings is 1. The minimum absolute atomic E-state index is 0.113. The topological polar surface area (TPSA) is 162 Å². The number of anilines is 1. The highest BCUT2D eigenvalue weighted by Crippen LogP contribution is 2.61. The van der Waals surface area contributed by atoms with E-state index in [1.54, 1.807) is 49.3 Å². The fourth-order valence-electron chi connectivity index (χ4n) is 6.81. The van der Waals surface area contributed by atoms with Crippen LogP contribution in [0.4, 0.5) is 10.2 Å². The Morgan fingerprint density at radius 2 is 1.85 bits per heavy atom. The largest absolute Gasteiger partial charge is 0.426 e. The molecular weight excluding hydrogens is 685 g/mol. The van der Waals surface area contributed by atoms with Gasteiger partial charge in [0.1, 0.15) is 41.2 Å². The highest BCUT2D eigenvalue weighted by Gasteiger charge is 2.67. The number of aromatic nitrogens is 7. The SMILES string of the molecule is CC(=O)c1nn(CC(=O)N2[C@H](C(=O)Nc3nc(Br)ccc3C)C[C@@]3(Cc4nnc(C)o4)C[C@@H]23)c2c(CF)cc(-c3cnc(C)nc3)cc12. The molecule has 3 atom stereocenters. The van der Waals surface area contributed by atoms with E-state index in [2.05, 4.69) is 51.5 Å². The van der Waals surface area contributed by atoms with Crippen molar-refractivity contribution in [2.75, 3.05) is 5.32 Å². The summed E-state index contributed by atoms with van der Waals surface area (Å²) < 4.78 is 22.3. The molecule has 2 aliphatic rings. The predicted octanol–water partition coefficient (Wildman–Crippen LogP) is 4.87. The Morgan fingerprint density at radius 3 is 2.54 bits per heavy atom. The van der Waals surface area contributed by atoms with Crippen molar-refractivity contribution in [1.82, 2.24) is 39.8 Å². The van der Waals surface area contributed by atoms with Crippen LogP contribution in [-0.2, 0) is 29.2 Å². The third kappa shape index (κ3) is 5.65. The number of hydrogen-bond donors (Lipinski definition) is 1. The van der Waals surface area contributed by atoms with Crippen molar-refractivity contribution in [3.63, 3.8) is 0 Å². The Hall–Kier alpha value is -4.92. The Morgan fingerprint density at radius 1 is 1.08 bits per heavy atom. The van der Waals surface area contributed by atoms with Gasteiger partial charge < -0.3 is 14.6 Å². The third-order valence-electron chi connectivity index (χ3n) is 9.18. The van der Waals surface area contributed by atoms with Gasteiger partial charge in [0.15, 0.2) is 5.78 Å². The first-order valence-electron chi connectivity index (χ1n) is 15.4. The minimum atomic E-state index is -0.864. The lowest BCUT2D eigenvalue weighted by molar-refractivity contribution is -0.138. The molecular formula is C33H31BrFN9O4. The maximum Gasteiger partial charge on any atom is 0.248 e. The maximum absolute atomic E-state index is 14.7. The summed E-state index contributed by atoms with van der Waals surface area (Å²) in [5.74, 6) is 0.748. The highest BCUT2D eigenvalue weighted by molar-refractivity contribution is 9.10. The van der Waals surface area contributed by atoms with Gasteiger partial charge in [-0.1, -0.05) is 6.07 Å². The monoisotopic (exact) mass is 715 g/mol. The van der Waals surface area contributed by atoms with Crippen LogP contribution in [0.2, 0.25) is 0 Å². The number of ketones is 1. The number of piperidine rings is 1. The molecule has 0 spiro atoms. The Bertz CT molecular complexity index is 2110. The third-order valence-corrected chi connectivity index (χ3v) is 9.63. The molecule has 1 saturated carbocycles. The zero-order chi connectivity index (χ0) is 33.9. The molecule has 5 heterocycles. The average Bonchev–Trinajstić information content (AvgIpc) is 3.30. The molecule has 1 N–H and O–H groups in total. The summed E-state index contributed by atoms with van der Waals surface area (Å²) in [6.07, 6.45) is 4.70. The number of Topliss-reactive ketones (excluding diaryl/α,β-unsaturated/α-hetero) is 1. The molecule has 0 bridgehead atoms. The van der Waals surface area contributed by atoms with Crippen LogP contribution in [0, 0.1) is 26.2 Å². The predicted molar refractivity (Wildman–Crippen MR) is 174 cm³/mol. The van der Waals surface area contributed by atoms with Crippen LogP contribution >= 0.6 is 15.9 Å². The van der Waals surface area contributed by atoms with Gasteiger partial charge in [0.25, 0.3) is 0 Å². The standard InChI is InChI=1S/C33H31BrFN9O4/c1-16-5-6-26(34)38-31(16)39-32(47)24-9-33(11-27-41-40-19(4)48-27)10-25(33)44(24)28(46)15-43-30-21(12-35)7-20(22-13-36-18(3)37-14-22)8-23(30)29(42-43)17(2)45/h5-8,13-14,24-25H,9-12,15H2,1-4H3,(H,38,39,47)/t24-,25+,33-/m0/s1. The molecule has 13 nitrogen and oxygen atoms in total. The Kier molecular flexibility index (Phi) is 7.89. The van der Waals surface area contributed by atoms with Gasteiger partial charge in [-0.3, -0.25) is 19.1 Å². The van der Waals surface area contributed by atoms with Gasteiger partial charge in [0, 0.05) is 60.6 Å². The van der Waals surface area contributed by atoms with E-state index in [4.69, 9.17) is 4.42 Å². The van der Waals surface area contributed by atoms with Gasteiger partial charge in [-0.15, -0.1) is 10.2 Å². The van der Waals surface area contributed by atoms with Crippen LogP contribution in [0.3, 0.4) is 0 Å². The van der Waals surface area contributed by atoms with Gasteiger partial charge in [-0.25, -0.2) is 19.3 Å². The van der Waals surface area contributed by atoms with Crippen molar-refractivity contribution < 1.29 is 23.2 Å². The second-order valence-electron chi connectivity index (χ2n) is 12.5. The summed E-state index contributed by atoms with van der Waals surface area (Å²) in [6.45, 7) is 5.50. The fraction of sp³-hybridized carbons (Fsp3) is 0.364. The minimum Gasteiger partial charge on any atom is -0.426 e. The number of carbonyl (C=O) groups excluding carboxylic acids is 3. The van der Waals surface area contributed by atoms with E-state index in [0.717, 1.165) is 5.56 Å². The first-order valence-corrected chi connectivity index (χ1v) is 16.2. The number of alkyl halides is 1. The molecule has 7 rings (SSSR count). The number of nitrogens with one attached hydrogen (secondary N) is 1.